The Morgan fingerprint density at radius 1 is 1.19 bits per heavy atom. The van der Waals surface area contributed by atoms with Crippen LogP contribution in [0.1, 0.15) is 24.0 Å². The van der Waals surface area contributed by atoms with Crippen molar-refractivity contribution in [1.82, 2.24) is 10.2 Å². The molecule has 0 bridgehead atoms. The van der Waals surface area contributed by atoms with Crippen molar-refractivity contribution in [2.45, 2.75) is 29.9 Å². The first-order chi connectivity index (χ1) is 10.1. The fourth-order valence-electron chi connectivity index (χ4n) is 2.40. The first-order valence-corrected chi connectivity index (χ1v) is 9.39. The van der Waals surface area contributed by atoms with Crippen molar-refractivity contribution in [2.75, 3.05) is 18.0 Å². The summed E-state index contributed by atoms with van der Waals surface area (Å²) in [5.41, 5.74) is 1.79. The molecule has 0 saturated carbocycles. The zero-order valence-electron chi connectivity index (χ0n) is 11.8. The molecule has 0 spiro atoms. The van der Waals surface area contributed by atoms with Gasteiger partial charge in [-0.2, -0.15) is 0 Å². The van der Waals surface area contributed by atoms with Crippen LogP contribution in [0.15, 0.2) is 28.6 Å². The Balaban J connectivity index is 1.83. The minimum atomic E-state index is -3.43. The summed E-state index contributed by atoms with van der Waals surface area (Å²) in [6.45, 7) is 3.79. The molecule has 0 atom stereocenters. The Bertz CT molecular complexity index is 734. The van der Waals surface area contributed by atoms with Crippen LogP contribution in [0.3, 0.4) is 0 Å². The molecule has 1 fully saturated rings. The van der Waals surface area contributed by atoms with E-state index >= 15 is 0 Å². The average molecular weight is 323 g/mol. The fourth-order valence-corrected chi connectivity index (χ4v) is 4.96. The van der Waals surface area contributed by atoms with Crippen molar-refractivity contribution in [3.63, 3.8) is 0 Å². The molecule has 5 nitrogen and oxygen atoms in total. The van der Waals surface area contributed by atoms with Crippen molar-refractivity contribution in [2.24, 2.45) is 0 Å². The summed E-state index contributed by atoms with van der Waals surface area (Å²) in [7, 11) is -3.43. The van der Waals surface area contributed by atoms with Crippen LogP contribution in [-0.2, 0) is 15.6 Å². The molecule has 112 valence electrons. The van der Waals surface area contributed by atoms with Gasteiger partial charge in [-0.3, -0.25) is 0 Å². The number of rotatable bonds is 4. The molecular weight excluding hydrogens is 306 g/mol. The van der Waals surface area contributed by atoms with E-state index in [0.29, 0.717) is 0 Å². The van der Waals surface area contributed by atoms with E-state index in [0.717, 1.165) is 42.2 Å². The van der Waals surface area contributed by atoms with E-state index in [1.54, 1.807) is 0 Å². The summed E-state index contributed by atoms with van der Waals surface area (Å²) in [6.07, 6.45) is 2.26. The lowest BCUT2D eigenvalue weighted by Crippen LogP contribution is -2.17. The Kier molecular flexibility index (Phi) is 3.95. The quantitative estimate of drug-likeness (QED) is 0.864. The molecule has 1 saturated heterocycles. The number of nitrogens with zero attached hydrogens (tertiary/aromatic N) is 3. The standard InChI is InChI=1S/C14H17N3O2S2/c1-11-6-2-3-7-12(11)10-21(18,19)14-16-15-13(20-14)17-8-4-5-9-17/h2-3,6-7H,4-5,8-10H2,1H3. The van der Waals surface area contributed by atoms with Crippen molar-refractivity contribution < 1.29 is 8.42 Å². The lowest BCUT2D eigenvalue weighted by Gasteiger charge is -2.11. The number of aryl methyl sites for hydroxylation is 1. The molecule has 0 radical (unpaired) electrons. The number of benzene rings is 1. The number of hydrogen-bond donors (Lipinski definition) is 0. The summed E-state index contributed by atoms with van der Waals surface area (Å²) in [6, 6.07) is 7.52. The van der Waals surface area contributed by atoms with Crippen LogP contribution in [0.5, 0.6) is 0 Å². The number of anilines is 1. The predicted molar refractivity (Wildman–Crippen MR) is 83.4 cm³/mol. The highest BCUT2D eigenvalue weighted by Crippen LogP contribution is 2.28. The first-order valence-electron chi connectivity index (χ1n) is 6.92. The average Bonchev–Trinajstić information content (AvgIpc) is 3.11. The van der Waals surface area contributed by atoms with Crippen molar-refractivity contribution in [3.8, 4) is 0 Å². The third-order valence-corrected chi connectivity index (χ3v) is 6.74. The number of sulfone groups is 1. The molecular formula is C14H17N3O2S2. The van der Waals surface area contributed by atoms with Crippen molar-refractivity contribution in [3.05, 3.63) is 35.4 Å². The molecule has 7 heteroatoms. The van der Waals surface area contributed by atoms with Crippen molar-refractivity contribution >= 4 is 26.3 Å². The molecule has 0 N–H and O–H groups in total. The topological polar surface area (TPSA) is 63.2 Å². The summed E-state index contributed by atoms with van der Waals surface area (Å²) in [4.78, 5) is 2.10. The summed E-state index contributed by atoms with van der Waals surface area (Å²) in [5, 5.41) is 8.66. The number of aromatic nitrogens is 2. The predicted octanol–water partition coefficient (Wildman–Crippen LogP) is 2.42. The van der Waals surface area contributed by atoms with E-state index in [2.05, 4.69) is 15.1 Å². The Labute approximate surface area is 128 Å². The number of hydrogen-bond acceptors (Lipinski definition) is 6. The van der Waals surface area contributed by atoms with Crippen LogP contribution in [0.25, 0.3) is 0 Å². The lowest BCUT2D eigenvalue weighted by atomic mass is 10.1. The van der Waals surface area contributed by atoms with Gasteiger partial charge in [0, 0.05) is 13.1 Å². The van der Waals surface area contributed by atoms with Gasteiger partial charge in [-0.1, -0.05) is 35.6 Å². The van der Waals surface area contributed by atoms with Crippen LogP contribution < -0.4 is 4.90 Å². The van der Waals surface area contributed by atoms with E-state index in [1.165, 1.54) is 11.3 Å². The van der Waals surface area contributed by atoms with Gasteiger partial charge in [0.2, 0.25) is 19.3 Å². The van der Waals surface area contributed by atoms with Gasteiger partial charge in [-0.25, -0.2) is 8.42 Å². The van der Waals surface area contributed by atoms with Crippen LogP contribution in [0.2, 0.25) is 0 Å². The maximum absolute atomic E-state index is 12.5. The highest BCUT2D eigenvalue weighted by molar-refractivity contribution is 7.92. The zero-order chi connectivity index (χ0) is 14.9. The minimum Gasteiger partial charge on any atom is -0.347 e. The van der Waals surface area contributed by atoms with Gasteiger partial charge in [0.25, 0.3) is 0 Å². The smallest absolute Gasteiger partial charge is 0.234 e. The van der Waals surface area contributed by atoms with Gasteiger partial charge in [-0.05, 0) is 30.9 Å². The summed E-state index contributed by atoms with van der Waals surface area (Å²) >= 11 is 1.18. The minimum absolute atomic E-state index is 0.0195. The van der Waals surface area contributed by atoms with E-state index in [-0.39, 0.29) is 10.1 Å². The van der Waals surface area contributed by atoms with E-state index < -0.39 is 9.84 Å². The Morgan fingerprint density at radius 3 is 2.62 bits per heavy atom. The van der Waals surface area contributed by atoms with Crippen LogP contribution in [0, 0.1) is 6.92 Å². The summed E-state index contributed by atoms with van der Waals surface area (Å²) in [5.74, 6) is -0.0195. The monoisotopic (exact) mass is 323 g/mol. The Hall–Kier alpha value is -1.47. The molecule has 2 aromatic rings. The van der Waals surface area contributed by atoms with Gasteiger partial charge in [0.15, 0.2) is 0 Å². The maximum Gasteiger partial charge on any atom is 0.234 e. The zero-order valence-corrected chi connectivity index (χ0v) is 13.5. The van der Waals surface area contributed by atoms with Crippen LogP contribution in [0.4, 0.5) is 5.13 Å². The van der Waals surface area contributed by atoms with E-state index in [9.17, 15) is 8.42 Å². The fraction of sp³-hybridized carbons (Fsp3) is 0.429. The molecule has 0 aliphatic carbocycles. The molecule has 0 amide bonds. The second-order valence-electron chi connectivity index (χ2n) is 5.23. The van der Waals surface area contributed by atoms with Gasteiger partial charge < -0.3 is 4.90 Å². The largest absolute Gasteiger partial charge is 0.347 e. The maximum atomic E-state index is 12.5. The highest BCUT2D eigenvalue weighted by Gasteiger charge is 2.24. The van der Waals surface area contributed by atoms with E-state index in [1.807, 2.05) is 31.2 Å². The van der Waals surface area contributed by atoms with Gasteiger partial charge in [-0.15, -0.1) is 10.2 Å². The van der Waals surface area contributed by atoms with Gasteiger partial charge in [0.05, 0.1) is 5.75 Å². The lowest BCUT2D eigenvalue weighted by molar-refractivity contribution is 0.593. The van der Waals surface area contributed by atoms with Crippen molar-refractivity contribution in [1.29, 1.82) is 0 Å². The van der Waals surface area contributed by atoms with Crippen LogP contribution in [-0.4, -0.2) is 31.7 Å². The SMILES string of the molecule is Cc1ccccc1CS(=O)(=O)c1nnc(N2CCCC2)s1. The molecule has 2 heterocycles. The molecule has 3 rings (SSSR count). The molecule has 1 aromatic carbocycles. The first kappa shape index (κ1) is 14.5. The molecule has 1 aliphatic rings. The van der Waals surface area contributed by atoms with Crippen LogP contribution >= 0.6 is 11.3 Å². The van der Waals surface area contributed by atoms with Gasteiger partial charge in [0.1, 0.15) is 0 Å². The Morgan fingerprint density at radius 2 is 1.90 bits per heavy atom. The second-order valence-corrected chi connectivity index (χ2v) is 8.35. The molecule has 1 aromatic heterocycles. The van der Waals surface area contributed by atoms with Gasteiger partial charge >= 0.3 is 0 Å². The molecule has 1 aliphatic heterocycles. The molecule has 0 unspecified atom stereocenters. The third-order valence-electron chi connectivity index (χ3n) is 3.65. The summed E-state index contributed by atoms with van der Waals surface area (Å²) < 4.78 is 25.1. The van der Waals surface area contributed by atoms with E-state index in [4.69, 9.17) is 0 Å². The normalized spacial score (nSPS) is 15.6. The second kappa shape index (κ2) is 5.73. The third kappa shape index (κ3) is 3.08. The molecule has 21 heavy (non-hydrogen) atoms. The highest BCUT2D eigenvalue weighted by atomic mass is 32.2.